The number of rotatable bonds is 3. The second-order valence-electron chi connectivity index (χ2n) is 5.27. The Morgan fingerprint density at radius 3 is 2.83 bits per heavy atom. The van der Waals surface area contributed by atoms with E-state index >= 15 is 0 Å². The van der Waals surface area contributed by atoms with Crippen LogP contribution in [0.15, 0.2) is 28.8 Å². The van der Waals surface area contributed by atoms with Crippen LogP contribution in [0, 0.1) is 11.6 Å². The molecule has 2 atom stereocenters. The van der Waals surface area contributed by atoms with Gasteiger partial charge >= 0.3 is 0 Å². The van der Waals surface area contributed by atoms with Gasteiger partial charge in [-0.25, -0.2) is 8.78 Å². The molecule has 2 aromatic rings. The highest BCUT2D eigenvalue weighted by Gasteiger charge is 2.37. The van der Waals surface area contributed by atoms with Crippen LogP contribution in [0.1, 0.15) is 28.6 Å². The quantitative estimate of drug-likeness (QED) is 0.933. The standard InChI is InChI=1S/C15H14F2N2O4/c1-22-14-6-13(23-18-14)15(21)19-7-9(20)5-12(19)8-2-3-10(16)11(17)4-8/h2-4,6,9,12,20H,5,7H2,1H3. The van der Waals surface area contributed by atoms with Gasteiger partial charge in [0.1, 0.15) is 0 Å². The maximum absolute atomic E-state index is 13.4. The Kier molecular flexibility index (Phi) is 3.99. The number of aromatic nitrogens is 1. The minimum atomic E-state index is -1.00. The molecular weight excluding hydrogens is 310 g/mol. The van der Waals surface area contributed by atoms with Crippen molar-refractivity contribution in [3.8, 4) is 5.88 Å². The zero-order chi connectivity index (χ0) is 16.6. The van der Waals surface area contributed by atoms with Crippen molar-refractivity contribution >= 4 is 5.91 Å². The van der Waals surface area contributed by atoms with Gasteiger partial charge < -0.3 is 19.3 Å². The first kappa shape index (κ1) is 15.4. The molecule has 0 spiro atoms. The van der Waals surface area contributed by atoms with Crippen LogP contribution < -0.4 is 4.74 Å². The fourth-order valence-corrected chi connectivity index (χ4v) is 2.67. The molecule has 1 aliphatic heterocycles. The molecule has 2 unspecified atom stereocenters. The molecule has 1 saturated heterocycles. The van der Waals surface area contributed by atoms with Crippen molar-refractivity contribution in [3.63, 3.8) is 0 Å². The van der Waals surface area contributed by atoms with Crippen molar-refractivity contribution in [1.82, 2.24) is 10.1 Å². The average molecular weight is 324 g/mol. The first-order valence-corrected chi connectivity index (χ1v) is 6.94. The van der Waals surface area contributed by atoms with Crippen LogP contribution in [0.5, 0.6) is 5.88 Å². The van der Waals surface area contributed by atoms with Crippen molar-refractivity contribution in [1.29, 1.82) is 0 Å². The molecule has 8 heteroatoms. The number of amides is 1. The normalized spacial score (nSPS) is 20.8. The highest BCUT2D eigenvalue weighted by atomic mass is 19.2. The lowest BCUT2D eigenvalue weighted by molar-refractivity contribution is 0.0673. The summed E-state index contributed by atoms with van der Waals surface area (Å²) in [5, 5.41) is 13.4. The van der Waals surface area contributed by atoms with Gasteiger partial charge in [-0.2, -0.15) is 0 Å². The van der Waals surface area contributed by atoms with Crippen molar-refractivity contribution < 1.29 is 27.9 Å². The molecule has 1 aromatic heterocycles. The number of halogens is 2. The zero-order valence-electron chi connectivity index (χ0n) is 12.2. The average Bonchev–Trinajstić information content (AvgIpc) is 3.16. The van der Waals surface area contributed by atoms with Crippen LogP contribution in [-0.2, 0) is 0 Å². The monoisotopic (exact) mass is 324 g/mol. The minimum Gasteiger partial charge on any atom is -0.479 e. The Hall–Kier alpha value is -2.48. The fraction of sp³-hybridized carbons (Fsp3) is 0.333. The molecule has 0 bridgehead atoms. The van der Waals surface area contributed by atoms with Gasteiger partial charge in [0, 0.05) is 6.54 Å². The van der Waals surface area contributed by atoms with Crippen LogP contribution in [-0.4, -0.2) is 40.8 Å². The lowest BCUT2D eigenvalue weighted by atomic mass is 10.0. The summed E-state index contributed by atoms with van der Waals surface area (Å²) in [6.07, 6.45) is -0.538. The number of benzene rings is 1. The number of ether oxygens (including phenoxy) is 1. The first-order chi connectivity index (χ1) is 11.0. The van der Waals surface area contributed by atoms with Gasteiger partial charge in [0.05, 0.1) is 25.3 Å². The van der Waals surface area contributed by atoms with Gasteiger partial charge in [-0.15, -0.1) is 0 Å². The van der Waals surface area contributed by atoms with Crippen molar-refractivity contribution in [2.45, 2.75) is 18.6 Å². The lowest BCUT2D eigenvalue weighted by Crippen LogP contribution is -2.31. The van der Waals surface area contributed by atoms with E-state index in [1.165, 1.54) is 24.1 Å². The Morgan fingerprint density at radius 2 is 2.17 bits per heavy atom. The second kappa shape index (κ2) is 5.96. The number of aliphatic hydroxyl groups is 1. The molecule has 23 heavy (non-hydrogen) atoms. The van der Waals surface area contributed by atoms with Crippen molar-refractivity contribution in [3.05, 3.63) is 47.2 Å². The molecule has 2 heterocycles. The number of nitrogens with zero attached hydrogens (tertiary/aromatic N) is 2. The van der Waals surface area contributed by atoms with Crippen molar-refractivity contribution in [2.75, 3.05) is 13.7 Å². The highest BCUT2D eigenvalue weighted by Crippen LogP contribution is 2.34. The number of carbonyl (C=O) groups is 1. The first-order valence-electron chi connectivity index (χ1n) is 6.94. The van der Waals surface area contributed by atoms with E-state index in [9.17, 15) is 18.7 Å². The summed E-state index contributed by atoms with van der Waals surface area (Å²) >= 11 is 0. The summed E-state index contributed by atoms with van der Waals surface area (Å²) in [7, 11) is 1.38. The third-order valence-corrected chi connectivity index (χ3v) is 3.78. The van der Waals surface area contributed by atoms with Crippen LogP contribution in [0.3, 0.4) is 0 Å². The Morgan fingerprint density at radius 1 is 1.39 bits per heavy atom. The minimum absolute atomic E-state index is 0.0523. The van der Waals surface area contributed by atoms with E-state index in [0.29, 0.717) is 5.56 Å². The summed E-state index contributed by atoms with van der Waals surface area (Å²) in [5.74, 6) is -2.38. The van der Waals surface area contributed by atoms with Crippen LogP contribution in [0.2, 0.25) is 0 Å². The number of hydrogen-bond acceptors (Lipinski definition) is 5. The van der Waals surface area contributed by atoms with E-state index in [2.05, 4.69) is 5.16 Å². The summed E-state index contributed by atoms with van der Waals surface area (Å²) in [4.78, 5) is 13.9. The predicted molar refractivity (Wildman–Crippen MR) is 73.8 cm³/mol. The molecule has 1 fully saturated rings. The van der Waals surface area contributed by atoms with Gasteiger partial charge in [-0.05, 0) is 29.3 Å². The summed E-state index contributed by atoms with van der Waals surface area (Å²) in [6.45, 7) is 0.0610. The SMILES string of the molecule is COc1cc(C(=O)N2CC(O)CC2c2ccc(F)c(F)c2)on1. The van der Waals surface area contributed by atoms with Gasteiger partial charge in [0.15, 0.2) is 11.6 Å². The Labute approximate surface area is 130 Å². The molecule has 1 aliphatic rings. The zero-order valence-corrected chi connectivity index (χ0v) is 12.2. The predicted octanol–water partition coefficient (Wildman–Crippen LogP) is 1.91. The molecular formula is C15H14F2N2O4. The largest absolute Gasteiger partial charge is 0.479 e. The van der Waals surface area contributed by atoms with Gasteiger partial charge in [0.2, 0.25) is 5.76 Å². The number of hydrogen-bond donors (Lipinski definition) is 1. The van der Waals surface area contributed by atoms with E-state index in [1.807, 2.05) is 0 Å². The van der Waals surface area contributed by atoms with Crippen LogP contribution in [0.25, 0.3) is 0 Å². The summed E-state index contributed by atoms with van der Waals surface area (Å²) in [5.41, 5.74) is 0.403. The van der Waals surface area contributed by atoms with E-state index in [0.717, 1.165) is 12.1 Å². The van der Waals surface area contributed by atoms with E-state index < -0.39 is 29.7 Å². The number of β-amino-alcohol motifs (C(OH)–C–C–N with tert-alkyl or cyclic N) is 1. The lowest BCUT2D eigenvalue weighted by Gasteiger charge is -2.23. The smallest absolute Gasteiger partial charge is 0.293 e. The molecule has 0 aliphatic carbocycles. The summed E-state index contributed by atoms with van der Waals surface area (Å²) in [6, 6.07) is 4.16. The van der Waals surface area contributed by atoms with Gasteiger partial charge in [0.25, 0.3) is 11.8 Å². The van der Waals surface area contributed by atoms with Crippen LogP contribution >= 0.6 is 0 Å². The van der Waals surface area contributed by atoms with E-state index in [4.69, 9.17) is 9.26 Å². The number of likely N-dealkylation sites (tertiary alicyclic amines) is 1. The second-order valence-corrected chi connectivity index (χ2v) is 5.27. The van der Waals surface area contributed by atoms with Gasteiger partial charge in [-0.1, -0.05) is 6.07 Å². The van der Waals surface area contributed by atoms with E-state index in [-0.39, 0.29) is 24.6 Å². The molecule has 1 amide bonds. The Bertz CT molecular complexity index is 734. The fourth-order valence-electron chi connectivity index (χ4n) is 2.67. The number of aliphatic hydroxyl groups excluding tert-OH is 1. The summed E-state index contributed by atoms with van der Waals surface area (Å²) < 4.78 is 36.3. The highest BCUT2D eigenvalue weighted by molar-refractivity contribution is 5.92. The molecule has 6 nitrogen and oxygen atoms in total. The van der Waals surface area contributed by atoms with Gasteiger partial charge in [-0.3, -0.25) is 4.79 Å². The number of methoxy groups -OCH3 is 1. The molecule has 1 aromatic carbocycles. The van der Waals surface area contributed by atoms with E-state index in [1.54, 1.807) is 0 Å². The Balaban J connectivity index is 1.89. The molecule has 3 rings (SSSR count). The van der Waals surface area contributed by atoms with Crippen LogP contribution in [0.4, 0.5) is 8.78 Å². The third-order valence-electron chi connectivity index (χ3n) is 3.78. The molecule has 122 valence electrons. The van der Waals surface area contributed by atoms with Crippen molar-refractivity contribution in [2.24, 2.45) is 0 Å². The molecule has 0 saturated carbocycles. The maximum atomic E-state index is 13.4. The number of carbonyl (C=O) groups excluding carboxylic acids is 1. The maximum Gasteiger partial charge on any atom is 0.293 e. The molecule has 0 radical (unpaired) electrons. The molecule has 1 N–H and O–H groups in total. The topological polar surface area (TPSA) is 75.8 Å². The third kappa shape index (κ3) is 2.89.